The molecule has 1 aromatic carbocycles. The maximum Gasteiger partial charge on any atom is 0.319 e. The smallest absolute Gasteiger partial charge is 0.319 e. The van der Waals surface area contributed by atoms with E-state index in [4.69, 9.17) is 0 Å². The Balaban J connectivity index is 0.00000208. The number of hydrogen-bond donors (Lipinski definition) is 3. The van der Waals surface area contributed by atoms with E-state index >= 15 is 0 Å². The Morgan fingerprint density at radius 2 is 2.00 bits per heavy atom. The molecule has 0 bridgehead atoms. The fraction of sp³-hybridized carbons (Fsp3) is 0.529. The summed E-state index contributed by atoms with van der Waals surface area (Å²) < 4.78 is 0. The molecule has 1 saturated heterocycles. The third-order valence-corrected chi connectivity index (χ3v) is 4.58. The molecule has 3 amide bonds. The van der Waals surface area contributed by atoms with Crippen LogP contribution in [-0.2, 0) is 0 Å². The summed E-state index contributed by atoms with van der Waals surface area (Å²) in [4.78, 5) is 26.5. The Labute approximate surface area is 148 Å². The number of piperazine rings is 1. The van der Waals surface area contributed by atoms with Crippen molar-refractivity contribution in [2.24, 2.45) is 0 Å². The molecule has 7 heteroatoms. The van der Waals surface area contributed by atoms with Crippen molar-refractivity contribution >= 4 is 30.0 Å². The van der Waals surface area contributed by atoms with Crippen molar-refractivity contribution in [2.75, 3.05) is 18.4 Å². The van der Waals surface area contributed by atoms with Gasteiger partial charge < -0.3 is 20.9 Å². The van der Waals surface area contributed by atoms with Crippen LogP contribution < -0.4 is 16.0 Å². The van der Waals surface area contributed by atoms with Gasteiger partial charge >= 0.3 is 6.03 Å². The Kier molecular flexibility index (Phi) is 6.07. The van der Waals surface area contributed by atoms with Gasteiger partial charge in [0.05, 0.1) is 0 Å². The molecule has 2 fully saturated rings. The van der Waals surface area contributed by atoms with E-state index in [9.17, 15) is 9.59 Å². The monoisotopic (exact) mass is 352 g/mol. The number of carbonyl (C=O) groups is 2. The minimum Gasteiger partial charge on any atom is -0.335 e. The molecule has 2 atom stereocenters. The molecule has 6 nitrogen and oxygen atoms in total. The molecule has 0 radical (unpaired) electrons. The Morgan fingerprint density at radius 3 is 2.71 bits per heavy atom. The molecule has 24 heavy (non-hydrogen) atoms. The Bertz CT molecular complexity index is 606. The van der Waals surface area contributed by atoms with Gasteiger partial charge in [0, 0.05) is 42.5 Å². The van der Waals surface area contributed by atoms with Gasteiger partial charge in [0.25, 0.3) is 5.91 Å². The van der Waals surface area contributed by atoms with Gasteiger partial charge in [-0.3, -0.25) is 4.79 Å². The van der Waals surface area contributed by atoms with Crippen molar-refractivity contribution < 1.29 is 9.59 Å². The summed E-state index contributed by atoms with van der Waals surface area (Å²) in [5.41, 5.74) is 1.25. The lowest BCUT2D eigenvalue weighted by molar-refractivity contribution is 0.0603. The summed E-state index contributed by atoms with van der Waals surface area (Å²) in [5, 5.41) is 9.04. The highest BCUT2D eigenvalue weighted by Crippen LogP contribution is 2.20. The number of carbonyl (C=O) groups excluding carboxylic acids is 2. The first-order valence-corrected chi connectivity index (χ1v) is 8.26. The number of nitrogens with one attached hydrogen (secondary N) is 3. The van der Waals surface area contributed by atoms with Gasteiger partial charge in [0.1, 0.15) is 0 Å². The van der Waals surface area contributed by atoms with Crippen LogP contribution in [0.2, 0.25) is 0 Å². The highest BCUT2D eigenvalue weighted by Gasteiger charge is 2.29. The summed E-state index contributed by atoms with van der Waals surface area (Å²) >= 11 is 0. The molecule has 1 aliphatic carbocycles. The summed E-state index contributed by atoms with van der Waals surface area (Å²) in [6.45, 7) is 5.65. The molecule has 3 rings (SSSR count). The summed E-state index contributed by atoms with van der Waals surface area (Å²) in [6, 6.07) is 7.66. The van der Waals surface area contributed by atoms with Crippen molar-refractivity contribution in [1.29, 1.82) is 0 Å². The van der Waals surface area contributed by atoms with Crippen LogP contribution in [0.15, 0.2) is 24.3 Å². The summed E-state index contributed by atoms with van der Waals surface area (Å²) in [7, 11) is 0. The van der Waals surface area contributed by atoms with Crippen LogP contribution in [0.25, 0.3) is 0 Å². The first-order chi connectivity index (χ1) is 11.0. The number of benzene rings is 1. The van der Waals surface area contributed by atoms with Crippen LogP contribution in [-0.4, -0.2) is 48.1 Å². The first-order valence-electron chi connectivity index (χ1n) is 8.26. The molecule has 2 unspecified atom stereocenters. The predicted octanol–water partition coefficient (Wildman–Crippen LogP) is 2.21. The molecule has 0 aromatic heterocycles. The second-order valence-corrected chi connectivity index (χ2v) is 6.44. The minimum atomic E-state index is -0.207. The van der Waals surface area contributed by atoms with Crippen molar-refractivity contribution in [3.05, 3.63) is 29.8 Å². The minimum absolute atomic E-state index is 0. The van der Waals surface area contributed by atoms with Crippen LogP contribution in [0, 0.1) is 0 Å². The van der Waals surface area contributed by atoms with E-state index in [1.165, 1.54) is 0 Å². The Morgan fingerprint density at radius 1 is 1.25 bits per heavy atom. The average Bonchev–Trinajstić information content (AvgIpc) is 3.33. The van der Waals surface area contributed by atoms with Gasteiger partial charge in [-0.1, -0.05) is 6.07 Å². The van der Waals surface area contributed by atoms with Crippen LogP contribution in [0.5, 0.6) is 0 Å². The van der Waals surface area contributed by atoms with Gasteiger partial charge in [0.15, 0.2) is 0 Å². The maximum absolute atomic E-state index is 12.8. The van der Waals surface area contributed by atoms with E-state index in [0.717, 1.165) is 19.4 Å². The largest absolute Gasteiger partial charge is 0.335 e. The predicted molar refractivity (Wildman–Crippen MR) is 96.8 cm³/mol. The average molecular weight is 353 g/mol. The number of hydrogen-bond acceptors (Lipinski definition) is 3. The lowest BCUT2D eigenvalue weighted by Gasteiger charge is -2.38. The number of amides is 3. The first kappa shape index (κ1) is 18.5. The van der Waals surface area contributed by atoms with Crippen LogP contribution in [0.1, 0.15) is 37.0 Å². The number of nitrogens with zero attached hydrogens (tertiary/aromatic N) is 1. The SMILES string of the molecule is CC1NCCN(C(=O)c2cccc(NC(=O)NC3CC3)c2)C1C.Cl. The zero-order valence-electron chi connectivity index (χ0n) is 14.0. The van der Waals surface area contributed by atoms with E-state index in [1.807, 2.05) is 4.90 Å². The van der Waals surface area contributed by atoms with Gasteiger partial charge in [-0.25, -0.2) is 4.79 Å². The van der Waals surface area contributed by atoms with Crippen molar-refractivity contribution in [1.82, 2.24) is 15.5 Å². The molecule has 1 aliphatic heterocycles. The van der Waals surface area contributed by atoms with E-state index in [0.29, 0.717) is 23.8 Å². The molecular formula is C17H25ClN4O2. The van der Waals surface area contributed by atoms with Crippen LogP contribution >= 0.6 is 12.4 Å². The second kappa shape index (κ2) is 7.85. The number of halogens is 1. The van der Waals surface area contributed by atoms with E-state index < -0.39 is 0 Å². The van der Waals surface area contributed by atoms with E-state index in [2.05, 4.69) is 29.8 Å². The second-order valence-electron chi connectivity index (χ2n) is 6.44. The van der Waals surface area contributed by atoms with Gasteiger partial charge in [0.2, 0.25) is 0 Å². The molecule has 132 valence electrons. The van der Waals surface area contributed by atoms with Crippen LogP contribution in [0.4, 0.5) is 10.5 Å². The standard InChI is InChI=1S/C17H24N4O2.ClH/c1-11-12(2)21(9-8-18-11)16(22)13-4-3-5-15(10-13)20-17(23)19-14-6-7-14;/h3-5,10-12,14,18H,6-9H2,1-2H3,(H2,19,20,23);1H. The van der Waals surface area contributed by atoms with Crippen LogP contribution in [0.3, 0.4) is 0 Å². The van der Waals surface area contributed by atoms with Gasteiger partial charge in [-0.15, -0.1) is 12.4 Å². The van der Waals surface area contributed by atoms with E-state index in [-0.39, 0.29) is 36.4 Å². The highest BCUT2D eigenvalue weighted by molar-refractivity contribution is 5.97. The summed E-state index contributed by atoms with van der Waals surface area (Å²) in [6.07, 6.45) is 2.09. The highest BCUT2D eigenvalue weighted by atomic mass is 35.5. The lowest BCUT2D eigenvalue weighted by Crippen LogP contribution is -2.57. The van der Waals surface area contributed by atoms with E-state index in [1.54, 1.807) is 24.3 Å². The molecule has 1 saturated carbocycles. The normalized spacial score (nSPS) is 23.2. The number of anilines is 1. The fourth-order valence-electron chi connectivity index (χ4n) is 2.82. The van der Waals surface area contributed by atoms with Gasteiger partial charge in [-0.2, -0.15) is 0 Å². The molecule has 2 aliphatic rings. The zero-order chi connectivity index (χ0) is 16.4. The van der Waals surface area contributed by atoms with Crippen molar-refractivity contribution in [3.8, 4) is 0 Å². The number of rotatable bonds is 3. The number of urea groups is 1. The third kappa shape index (κ3) is 4.39. The fourth-order valence-corrected chi connectivity index (χ4v) is 2.82. The summed E-state index contributed by atoms with van der Waals surface area (Å²) in [5.74, 6) is 0.0112. The quantitative estimate of drug-likeness (QED) is 0.781. The molecule has 1 heterocycles. The zero-order valence-corrected chi connectivity index (χ0v) is 14.9. The topological polar surface area (TPSA) is 73.5 Å². The maximum atomic E-state index is 12.8. The molecule has 3 N–H and O–H groups in total. The molecule has 1 aromatic rings. The lowest BCUT2D eigenvalue weighted by atomic mass is 10.1. The molecule has 0 spiro atoms. The van der Waals surface area contributed by atoms with Crippen molar-refractivity contribution in [3.63, 3.8) is 0 Å². The van der Waals surface area contributed by atoms with Gasteiger partial charge in [-0.05, 0) is 44.9 Å². The Hall–Kier alpha value is -1.79. The third-order valence-electron chi connectivity index (χ3n) is 4.58. The van der Waals surface area contributed by atoms with Crippen molar-refractivity contribution in [2.45, 2.75) is 44.8 Å². The molecular weight excluding hydrogens is 328 g/mol.